The molecule has 0 spiro atoms. The van der Waals surface area contributed by atoms with Crippen LogP contribution < -0.4 is 4.74 Å². The van der Waals surface area contributed by atoms with Crippen LogP contribution >= 0.6 is 0 Å². The molecule has 1 N–H and O–H groups in total. The Labute approximate surface area is 150 Å². The van der Waals surface area contributed by atoms with Gasteiger partial charge in [-0.1, -0.05) is 19.3 Å². The van der Waals surface area contributed by atoms with Gasteiger partial charge in [-0.2, -0.15) is 0 Å². The molecule has 1 aromatic rings. The SMILES string of the molecule is CC(C)Oc1cc(CN(C(=O)CC2(O)CCCCC2)C2CC2)ccn1. The van der Waals surface area contributed by atoms with E-state index in [1.807, 2.05) is 30.9 Å². The zero-order chi connectivity index (χ0) is 17.9. The number of aliphatic hydroxyl groups is 1. The van der Waals surface area contributed by atoms with Gasteiger partial charge in [0.2, 0.25) is 11.8 Å². The Morgan fingerprint density at radius 2 is 2.08 bits per heavy atom. The molecule has 0 aliphatic heterocycles. The van der Waals surface area contributed by atoms with Gasteiger partial charge in [-0.15, -0.1) is 0 Å². The number of aromatic nitrogens is 1. The lowest BCUT2D eigenvalue weighted by atomic mass is 9.82. The molecule has 3 rings (SSSR count). The van der Waals surface area contributed by atoms with Crippen molar-refractivity contribution in [1.82, 2.24) is 9.88 Å². The van der Waals surface area contributed by atoms with Crippen LogP contribution in [0.15, 0.2) is 18.3 Å². The summed E-state index contributed by atoms with van der Waals surface area (Å²) in [7, 11) is 0. The van der Waals surface area contributed by atoms with Crippen molar-refractivity contribution in [1.29, 1.82) is 0 Å². The molecule has 2 aliphatic carbocycles. The molecule has 0 bridgehead atoms. The summed E-state index contributed by atoms with van der Waals surface area (Å²) in [5, 5.41) is 10.7. The summed E-state index contributed by atoms with van der Waals surface area (Å²) >= 11 is 0. The second-order valence-corrected chi connectivity index (χ2v) is 7.88. The van der Waals surface area contributed by atoms with Crippen LogP contribution in [0.2, 0.25) is 0 Å². The third-order valence-corrected chi connectivity index (χ3v) is 5.08. The van der Waals surface area contributed by atoms with Crippen molar-refractivity contribution in [3.63, 3.8) is 0 Å². The van der Waals surface area contributed by atoms with Gasteiger partial charge < -0.3 is 14.7 Å². The lowest BCUT2D eigenvalue weighted by Crippen LogP contribution is -2.41. The second kappa shape index (κ2) is 7.73. The third kappa shape index (κ3) is 5.18. The summed E-state index contributed by atoms with van der Waals surface area (Å²) < 4.78 is 5.66. The van der Waals surface area contributed by atoms with Crippen molar-refractivity contribution in [2.45, 2.75) is 89.5 Å². The minimum Gasteiger partial charge on any atom is -0.475 e. The Hall–Kier alpha value is -1.62. The van der Waals surface area contributed by atoms with E-state index in [4.69, 9.17) is 4.74 Å². The molecule has 138 valence electrons. The first-order valence-electron chi connectivity index (χ1n) is 9.59. The number of carbonyl (C=O) groups excluding carboxylic acids is 1. The van der Waals surface area contributed by atoms with E-state index in [0.717, 1.165) is 44.1 Å². The van der Waals surface area contributed by atoms with E-state index in [2.05, 4.69) is 4.98 Å². The summed E-state index contributed by atoms with van der Waals surface area (Å²) in [6, 6.07) is 4.17. The monoisotopic (exact) mass is 346 g/mol. The molecule has 1 aromatic heterocycles. The zero-order valence-corrected chi connectivity index (χ0v) is 15.4. The van der Waals surface area contributed by atoms with E-state index >= 15 is 0 Å². The van der Waals surface area contributed by atoms with Crippen molar-refractivity contribution >= 4 is 5.91 Å². The van der Waals surface area contributed by atoms with Crippen LogP contribution in [0.5, 0.6) is 5.88 Å². The number of hydrogen-bond donors (Lipinski definition) is 1. The largest absolute Gasteiger partial charge is 0.475 e. The molecule has 2 fully saturated rings. The molecular weight excluding hydrogens is 316 g/mol. The van der Waals surface area contributed by atoms with Gasteiger partial charge in [-0.3, -0.25) is 4.79 Å². The second-order valence-electron chi connectivity index (χ2n) is 7.88. The van der Waals surface area contributed by atoms with Gasteiger partial charge in [-0.25, -0.2) is 4.98 Å². The molecule has 0 atom stereocenters. The molecule has 0 unspecified atom stereocenters. The van der Waals surface area contributed by atoms with E-state index < -0.39 is 5.60 Å². The minimum absolute atomic E-state index is 0.0736. The third-order valence-electron chi connectivity index (χ3n) is 5.08. The Morgan fingerprint density at radius 3 is 2.72 bits per heavy atom. The van der Waals surface area contributed by atoms with E-state index in [9.17, 15) is 9.90 Å². The van der Waals surface area contributed by atoms with Crippen LogP contribution in [0.3, 0.4) is 0 Å². The molecule has 0 aromatic carbocycles. The number of carbonyl (C=O) groups is 1. The van der Waals surface area contributed by atoms with Crippen LogP contribution in [0.25, 0.3) is 0 Å². The van der Waals surface area contributed by atoms with E-state index in [-0.39, 0.29) is 18.4 Å². The van der Waals surface area contributed by atoms with Crippen molar-refractivity contribution in [2.75, 3.05) is 0 Å². The predicted octanol–water partition coefficient (Wildman–Crippen LogP) is 3.45. The van der Waals surface area contributed by atoms with Gasteiger partial charge in [0.1, 0.15) is 0 Å². The molecule has 1 heterocycles. The van der Waals surface area contributed by atoms with Crippen molar-refractivity contribution in [3.8, 4) is 5.88 Å². The number of hydrogen-bond acceptors (Lipinski definition) is 4. The molecule has 25 heavy (non-hydrogen) atoms. The van der Waals surface area contributed by atoms with E-state index in [0.29, 0.717) is 18.5 Å². The van der Waals surface area contributed by atoms with Gasteiger partial charge in [0, 0.05) is 24.8 Å². The highest BCUT2D eigenvalue weighted by Gasteiger charge is 2.38. The van der Waals surface area contributed by atoms with Gasteiger partial charge in [0.15, 0.2) is 0 Å². The van der Waals surface area contributed by atoms with Crippen molar-refractivity contribution in [2.24, 2.45) is 0 Å². The average molecular weight is 346 g/mol. The first-order chi connectivity index (χ1) is 12.0. The highest BCUT2D eigenvalue weighted by molar-refractivity contribution is 5.78. The van der Waals surface area contributed by atoms with Gasteiger partial charge >= 0.3 is 0 Å². The number of pyridine rings is 1. The van der Waals surface area contributed by atoms with Crippen LogP contribution in [0.1, 0.15) is 70.8 Å². The molecule has 2 saturated carbocycles. The summed E-state index contributed by atoms with van der Waals surface area (Å²) in [5.74, 6) is 0.677. The maximum atomic E-state index is 12.9. The first kappa shape index (κ1) is 18.2. The van der Waals surface area contributed by atoms with Crippen molar-refractivity contribution in [3.05, 3.63) is 23.9 Å². The Morgan fingerprint density at radius 1 is 1.36 bits per heavy atom. The number of ether oxygens (including phenoxy) is 1. The van der Waals surface area contributed by atoms with E-state index in [1.54, 1.807) is 6.20 Å². The Balaban J connectivity index is 1.66. The van der Waals surface area contributed by atoms with Crippen LogP contribution in [-0.4, -0.2) is 38.6 Å². The number of rotatable bonds is 7. The summed E-state index contributed by atoms with van der Waals surface area (Å²) in [4.78, 5) is 19.1. The normalized spacial score (nSPS) is 19.7. The fraction of sp³-hybridized carbons (Fsp3) is 0.700. The molecule has 0 radical (unpaired) electrons. The summed E-state index contributed by atoms with van der Waals surface area (Å²) in [6.45, 7) is 4.51. The molecular formula is C20H30N2O3. The smallest absolute Gasteiger partial charge is 0.226 e. The van der Waals surface area contributed by atoms with Crippen LogP contribution in [0.4, 0.5) is 0 Å². The average Bonchev–Trinajstić information content (AvgIpc) is 3.37. The highest BCUT2D eigenvalue weighted by Crippen LogP contribution is 2.34. The lowest BCUT2D eigenvalue weighted by Gasteiger charge is -2.34. The Kier molecular flexibility index (Phi) is 5.62. The fourth-order valence-corrected chi connectivity index (χ4v) is 3.63. The molecule has 5 heteroatoms. The topological polar surface area (TPSA) is 62.7 Å². The van der Waals surface area contributed by atoms with E-state index in [1.165, 1.54) is 6.42 Å². The molecule has 2 aliphatic rings. The number of nitrogens with zero attached hydrogens (tertiary/aromatic N) is 2. The lowest BCUT2D eigenvalue weighted by molar-refractivity contribution is -0.139. The molecule has 0 saturated heterocycles. The predicted molar refractivity (Wildman–Crippen MR) is 96.2 cm³/mol. The molecule has 1 amide bonds. The Bertz CT molecular complexity index is 592. The van der Waals surface area contributed by atoms with Crippen LogP contribution in [0, 0.1) is 0 Å². The maximum absolute atomic E-state index is 12.9. The van der Waals surface area contributed by atoms with Gasteiger partial charge in [-0.05, 0) is 51.2 Å². The fourth-order valence-electron chi connectivity index (χ4n) is 3.63. The van der Waals surface area contributed by atoms with Crippen molar-refractivity contribution < 1.29 is 14.6 Å². The first-order valence-corrected chi connectivity index (χ1v) is 9.59. The standard InChI is InChI=1S/C20H30N2O3/c1-15(2)25-18-12-16(8-11-21-18)14-22(17-6-7-17)19(23)13-20(24)9-4-3-5-10-20/h8,11-12,15,17,24H,3-7,9-10,13-14H2,1-2H3. The quantitative estimate of drug-likeness (QED) is 0.821. The zero-order valence-electron chi connectivity index (χ0n) is 15.4. The van der Waals surface area contributed by atoms with Gasteiger partial charge in [0.05, 0.1) is 18.1 Å². The van der Waals surface area contributed by atoms with Gasteiger partial charge in [0.25, 0.3) is 0 Å². The summed E-state index contributed by atoms with van der Waals surface area (Å²) in [5.41, 5.74) is 0.230. The number of amides is 1. The maximum Gasteiger partial charge on any atom is 0.226 e. The minimum atomic E-state index is -0.799. The summed E-state index contributed by atoms with van der Waals surface area (Å²) in [6.07, 6.45) is 8.89. The molecule has 5 nitrogen and oxygen atoms in total. The van der Waals surface area contributed by atoms with Crippen LogP contribution in [-0.2, 0) is 11.3 Å². The highest BCUT2D eigenvalue weighted by atomic mass is 16.5.